The molecule has 1 aromatic rings. The molecule has 1 aliphatic rings. The topological polar surface area (TPSA) is 86.7 Å². The van der Waals surface area contributed by atoms with Crippen molar-refractivity contribution in [2.24, 2.45) is 5.92 Å². The summed E-state index contributed by atoms with van der Waals surface area (Å²) in [5.41, 5.74) is 0.897. The highest BCUT2D eigenvalue weighted by molar-refractivity contribution is 8.26. The Bertz CT molecular complexity index is 764. The molecular weight excluding hydrogens is 384 g/mol. The second-order valence-electron chi connectivity index (χ2n) is 6.26. The van der Waals surface area contributed by atoms with Crippen LogP contribution in [0.25, 0.3) is 6.08 Å². The van der Waals surface area contributed by atoms with Crippen molar-refractivity contribution in [3.8, 4) is 0 Å². The van der Waals surface area contributed by atoms with Gasteiger partial charge in [0.15, 0.2) is 0 Å². The Balaban J connectivity index is 1.96. The average molecular weight is 407 g/mol. The van der Waals surface area contributed by atoms with Crippen molar-refractivity contribution in [1.29, 1.82) is 0 Å². The van der Waals surface area contributed by atoms with Crippen molar-refractivity contribution in [2.75, 3.05) is 6.54 Å². The van der Waals surface area contributed by atoms with E-state index < -0.39 is 17.9 Å². The van der Waals surface area contributed by atoms with E-state index in [2.05, 4.69) is 5.32 Å². The number of aliphatic carboxylic acids is 1. The Morgan fingerprint density at radius 2 is 2.00 bits per heavy atom. The molecule has 0 saturated carbocycles. The monoisotopic (exact) mass is 406 g/mol. The predicted octanol–water partition coefficient (Wildman–Crippen LogP) is 2.89. The zero-order valence-corrected chi connectivity index (χ0v) is 16.8. The third-order valence-corrected chi connectivity index (χ3v) is 5.71. The minimum absolute atomic E-state index is 0.00866. The largest absolute Gasteiger partial charge is 0.480 e. The smallest absolute Gasteiger partial charge is 0.326 e. The van der Waals surface area contributed by atoms with Gasteiger partial charge < -0.3 is 10.4 Å². The number of hydrogen-bond donors (Lipinski definition) is 2. The standard InChI is InChI=1S/C19H22N2O4S2/c1-3-12(2)16(18(24)25)20-15(22)9-10-21-17(23)14(27-19(21)26)11-13-7-5-4-6-8-13/h4-8,11-12,16H,3,9-10H2,1-2H3,(H,20,22)(H,24,25)/b14-11+. The van der Waals surface area contributed by atoms with Gasteiger partial charge in [-0.25, -0.2) is 4.79 Å². The molecular formula is C19H22N2O4S2. The maximum atomic E-state index is 12.5. The molecule has 27 heavy (non-hydrogen) atoms. The summed E-state index contributed by atoms with van der Waals surface area (Å²) in [4.78, 5) is 37.9. The van der Waals surface area contributed by atoms with E-state index in [9.17, 15) is 19.5 Å². The number of rotatable bonds is 8. The Hall–Kier alpha value is -2.19. The van der Waals surface area contributed by atoms with Crippen molar-refractivity contribution < 1.29 is 19.5 Å². The van der Waals surface area contributed by atoms with Gasteiger partial charge in [0.05, 0.1) is 4.91 Å². The fourth-order valence-corrected chi connectivity index (χ4v) is 3.84. The van der Waals surface area contributed by atoms with E-state index in [1.165, 1.54) is 16.7 Å². The van der Waals surface area contributed by atoms with Gasteiger partial charge in [-0.1, -0.05) is 74.6 Å². The van der Waals surface area contributed by atoms with Gasteiger partial charge >= 0.3 is 5.97 Å². The molecule has 0 spiro atoms. The lowest BCUT2D eigenvalue weighted by Gasteiger charge is -2.21. The SMILES string of the molecule is CCC(C)C(NC(=O)CCN1C(=O)/C(=C\c2ccccc2)SC1=S)C(=O)O. The molecule has 0 bridgehead atoms. The van der Waals surface area contributed by atoms with E-state index in [1.807, 2.05) is 37.3 Å². The van der Waals surface area contributed by atoms with Crippen LogP contribution in [-0.4, -0.2) is 44.7 Å². The number of hydrogen-bond acceptors (Lipinski definition) is 5. The second-order valence-corrected chi connectivity index (χ2v) is 7.94. The van der Waals surface area contributed by atoms with Gasteiger partial charge in [-0.3, -0.25) is 14.5 Å². The number of nitrogens with one attached hydrogen (secondary N) is 1. The van der Waals surface area contributed by atoms with E-state index in [1.54, 1.807) is 13.0 Å². The molecule has 0 aromatic heterocycles. The predicted molar refractivity (Wildman–Crippen MR) is 110 cm³/mol. The van der Waals surface area contributed by atoms with Crippen molar-refractivity contribution >= 4 is 52.2 Å². The van der Waals surface area contributed by atoms with E-state index in [4.69, 9.17) is 12.2 Å². The summed E-state index contributed by atoms with van der Waals surface area (Å²) in [5.74, 6) is -1.90. The Labute approximate surface area is 168 Å². The summed E-state index contributed by atoms with van der Waals surface area (Å²) in [7, 11) is 0. The lowest BCUT2D eigenvalue weighted by Crippen LogP contribution is -2.46. The fraction of sp³-hybridized carbons (Fsp3) is 0.368. The average Bonchev–Trinajstić information content (AvgIpc) is 2.91. The first-order valence-corrected chi connectivity index (χ1v) is 9.88. The summed E-state index contributed by atoms with van der Waals surface area (Å²) < 4.78 is 0.395. The van der Waals surface area contributed by atoms with Gasteiger partial charge in [0.1, 0.15) is 10.4 Å². The molecule has 1 fully saturated rings. The van der Waals surface area contributed by atoms with Gasteiger partial charge in [0.25, 0.3) is 5.91 Å². The first-order valence-electron chi connectivity index (χ1n) is 8.66. The van der Waals surface area contributed by atoms with E-state index in [0.717, 1.165) is 5.56 Å². The maximum absolute atomic E-state index is 12.5. The number of thioether (sulfide) groups is 1. The number of carboxylic acids is 1. The van der Waals surface area contributed by atoms with Crippen molar-refractivity contribution in [2.45, 2.75) is 32.7 Å². The lowest BCUT2D eigenvalue weighted by molar-refractivity contribution is -0.143. The summed E-state index contributed by atoms with van der Waals surface area (Å²) in [6, 6.07) is 8.50. The van der Waals surface area contributed by atoms with Gasteiger partial charge in [0.2, 0.25) is 5.91 Å². The Morgan fingerprint density at radius 3 is 2.59 bits per heavy atom. The quantitative estimate of drug-likeness (QED) is 0.510. The minimum atomic E-state index is -1.06. The van der Waals surface area contributed by atoms with Crippen LogP contribution in [0.4, 0.5) is 0 Å². The number of nitrogens with zero attached hydrogens (tertiary/aromatic N) is 1. The molecule has 8 heteroatoms. The molecule has 1 heterocycles. The highest BCUT2D eigenvalue weighted by Gasteiger charge is 2.32. The lowest BCUT2D eigenvalue weighted by atomic mass is 9.99. The molecule has 1 aliphatic heterocycles. The molecule has 2 atom stereocenters. The third kappa shape index (κ3) is 5.64. The van der Waals surface area contributed by atoms with Gasteiger partial charge in [0, 0.05) is 13.0 Å². The molecule has 0 radical (unpaired) electrons. The van der Waals surface area contributed by atoms with Crippen LogP contribution in [0.2, 0.25) is 0 Å². The number of carbonyl (C=O) groups is 3. The third-order valence-electron chi connectivity index (χ3n) is 4.33. The van der Waals surface area contributed by atoms with E-state index in [-0.39, 0.29) is 24.8 Å². The van der Waals surface area contributed by atoms with Crippen molar-refractivity contribution in [3.05, 3.63) is 40.8 Å². The Morgan fingerprint density at radius 1 is 1.33 bits per heavy atom. The molecule has 2 N–H and O–H groups in total. The number of carbonyl (C=O) groups excluding carboxylic acids is 2. The van der Waals surface area contributed by atoms with Crippen molar-refractivity contribution in [3.63, 3.8) is 0 Å². The summed E-state index contributed by atoms with van der Waals surface area (Å²) in [6.45, 7) is 3.76. The minimum Gasteiger partial charge on any atom is -0.480 e. The number of amides is 2. The normalized spacial score (nSPS) is 17.9. The first kappa shape index (κ1) is 21.1. The number of benzene rings is 1. The summed E-state index contributed by atoms with van der Waals surface area (Å²) in [5, 5.41) is 11.8. The molecule has 1 aromatic carbocycles. The zero-order valence-electron chi connectivity index (χ0n) is 15.2. The van der Waals surface area contributed by atoms with E-state index >= 15 is 0 Å². The first-order chi connectivity index (χ1) is 12.8. The molecule has 1 saturated heterocycles. The van der Waals surface area contributed by atoms with Crippen LogP contribution < -0.4 is 5.32 Å². The van der Waals surface area contributed by atoms with Gasteiger partial charge in [-0.15, -0.1) is 0 Å². The summed E-state index contributed by atoms with van der Waals surface area (Å²) in [6.07, 6.45) is 2.39. The molecule has 6 nitrogen and oxygen atoms in total. The second kappa shape index (κ2) is 9.66. The molecule has 2 amide bonds. The Kier molecular flexibility index (Phi) is 7.55. The van der Waals surface area contributed by atoms with Crippen LogP contribution >= 0.6 is 24.0 Å². The van der Waals surface area contributed by atoms with Gasteiger partial charge in [-0.05, 0) is 17.6 Å². The molecule has 144 valence electrons. The highest BCUT2D eigenvalue weighted by Crippen LogP contribution is 2.32. The van der Waals surface area contributed by atoms with Crippen LogP contribution in [0.1, 0.15) is 32.3 Å². The number of thiocarbonyl (C=S) groups is 1. The van der Waals surface area contributed by atoms with Crippen LogP contribution in [0.5, 0.6) is 0 Å². The van der Waals surface area contributed by atoms with Crippen LogP contribution in [-0.2, 0) is 14.4 Å². The fourth-order valence-electron chi connectivity index (χ4n) is 2.54. The zero-order chi connectivity index (χ0) is 20.0. The van der Waals surface area contributed by atoms with Crippen LogP contribution in [0.15, 0.2) is 35.2 Å². The van der Waals surface area contributed by atoms with Gasteiger partial charge in [-0.2, -0.15) is 0 Å². The maximum Gasteiger partial charge on any atom is 0.326 e. The number of carboxylic acid groups (broad SMARTS) is 1. The highest BCUT2D eigenvalue weighted by atomic mass is 32.2. The molecule has 2 unspecified atom stereocenters. The molecule has 0 aliphatic carbocycles. The summed E-state index contributed by atoms with van der Waals surface area (Å²) >= 11 is 6.45. The van der Waals surface area contributed by atoms with Crippen molar-refractivity contribution in [1.82, 2.24) is 10.2 Å². The van der Waals surface area contributed by atoms with E-state index in [0.29, 0.717) is 15.6 Å². The van der Waals surface area contributed by atoms with Crippen LogP contribution in [0, 0.1) is 5.92 Å². The van der Waals surface area contributed by atoms with Crippen LogP contribution in [0.3, 0.4) is 0 Å². The molecule has 2 rings (SSSR count).